The Morgan fingerprint density at radius 1 is 1.13 bits per heavy atom. The first-order chi connectivity index (χ1) is 14.5. The van der Waals surface area contributed by atoms with E-state index in [-0.39, 0.29) is 24.8 Å². The first kappa shape index (κ1) is 21.8. The van der Waals surface area contributed by atoms with Gasteiger partial charge in [0.2, 0.25) is 11.8 Å². The van der Waals surface area contributed by atoms with Gasteiger partial charge in [-0.05, 0) is 45.6 Å². The van der Waals surface area contributed by atoms with Crippen molar-refractivity contribution in [3.63, 3.8) is 0 Å². The van der Waals surface area contributed by atoms with E-state index in [4.69, 9.17) is 4.74 Å². The number of aryl methyl sites for hydroxylation is 1. The van der Waals surface area contributed by atoms with Gasteiger partial charge in [-0.25, -0.2) is 0 Å². The number of rotatable bonds is 7. The highest BCUT2D eigenvalue weighted by Gasteiger charge is 2.34. The predicted octanol–water partition coefficient (Wildman–Crippen LogP) is 2.59. The SMILES string of the molecule is CCc1ccc(OCC(=O)NNC(=O)C2CC(=O)N(Cc3ccccc3)C2)c(Br)c1. The summed E-state index contributed by atoms with van der Waals surface area (Å²) in [7, 11) is 0. The van der Waals surface area contributed by atoms with Gasteiger partial charge >= 0.3 is 0 Å². The average Bonchev–Trinajstić information content (AvgIpc) is 3.12. The van der Waals surface area contributed by atoms with Gasteiger partial charge in [0.05, 0.1) is 10.4 Å². The Bertz CT molecular complexity index is 920. The fourth-order valence-corrected chi connectivity index (χ4v) is 3.74. The number of hydrazine groups is 1. The number of carbonyl (C=O) groups excluding carboxylic acids is 3. The van der Waals surface area contributed by atoms with Gasteiger partial charge in [-0.1, -0.05) is 43.3 Å². The average molecular weight is 474 g/mol. The summed E-state index contributed by atoms with van der Waals surface area (Å²) in [5.74, 6) is -0.903. The van der Waals surface area contributed by atoms with Crippen molar-refractivity contribution in [3.8, 4) is 5.75 Å². The maximum atomic E-state index is 12.3. The molecular formula is C22H24BrN3O4. The van der Waals surface area contributed by atoms with Gasteiger partial charge in [0.15, 0.2) is 6.61 Å². The lowest BCUT2D eigenvalue weighted by Crippen LogP contribution is -2.46. The number of nitrogens with zero attached hydrogens (tertiary/aromatic N) is 1. The summed E-state index contributed by atoms with van der Waals surface area (Å²) >= 11 is 3.42. The summed E-state index contributed by atoms with van der Waals surface area (Å²) in [5.41, 5.74) is 6.89. The van der Waals surface area contributed by atoms with Crippen molar-refractivity contribution in [2.75, 3.05) is 13.2 Å². The molecule has 1 saturated heterocycles. The van der Waals surface area contributed by atoms with Crippen molar-refractivity contribution < 1.29 is 19.1 Å². The van der Waals surface area contributed by atoms with Gasteiger partial charge in [0.1, 0.15) is 5.75 Å². The van der Waals surface area contributed by atoms with E-state index >= 15 is 0 Å². The molecule has 2 aromatic carbocycles. The summed E-state index contributed by atoms with van der Waals surface area (Å²) in [6.45, 7) is 2.60. The second kappa shape index (κ2) is 10.2. The van der Waals surface area contributed by atoms with Crippen molar-refractivity contribution >= 4 is 33.7 Å². The molecule has 3 amide bonds. The van der Waals surface area contributed by atoms with E-state index in [2.05, 4.69) is 33.7 Å². The Hall–Kier alpha value is -2.87. The Balaban J connectivity index is 1.43. The third kappa shape index (κ3) is 5.82. The fourth-order valence-electron chi connectivity index (χ4n) is 3.20. The molecule has 1 aliphatic rings. The molecule has 0 saturated carbocycles. The van der Waals surface area contributed by atoms with Gasteiger partial charge in [0.25, 0.3) is 5.91 Å². The van der Waals surface area contributed by atoms with Gasteiger partial charge in [0, 0.05) is 19.5 Å². The monoisotopic (exact) mass is 473 g/mol. The van der Waals surface area contributed by atoms with Crippen LogP contribution in [-0.2, 0) is 27.3 Å². The number of hydrogen-bond donors (Lipinski definition) is 2. The lowest BCUT2D eigenvalue weighted by Gasteiger charge is -2.17. The van der Waals surface area contributed by atoms with Crippen molar-refractivity contribution in [1.82, 2.24) is 15.8 Å². The lowest BCUT2D eigenvalue weighted by atomic mass is 10.1. The second-order valence-corrected chi connectivity index (χ2v) is 7.96. The van der Waals surface area contributed by atoms with Crippen LogP contribution in [0.3, 0.4) is 0 Å². The number of likely N-dealkylation sites (tertiary alicyclic amines) is 1. The number of halogens is 1. The van der Waals surface area contributed by atoms with Crippen molar-refractivity contribution in [3.05, 3.63) is 64.1 Å². The highest BCUT2D eigenvalue weighted by atomic mass is 79.9. The van der Waals surface area contributed by atoms with Crippen molar-refractivity contribution in [2.24, 2.45) is 5.92 Å². The minimum absolute atomic E-state index is 0.0750. The van der Waals surface area contributed by atoms with Crippen LogP contribution in [-0.4, -0.2) is 35.8 Å². The van der Waals surface area contributed by atoms with Gasteiger partial charge in [-0.2, -0.15) is 0 Å². The highest BCUT2D eigenvalue weighted by Crippen LogP contribution is 2.26. The minimum atomic E-state index is -0.502. The van der Waals surface area contributed by atoms with Crippen LogP contribution in [0, 0.1) is 5.92 Å². The summed E-state index contributed by atoms with van der Waals surface area (Å²) in [5, 5.41) is 0. The third-order valence-corrected chi connectivity index (χ3v) is 5.51. The highest BCUT2D eigenvalue weighted by molar-refractivity contribution is 9.10. The minimum Gasteiger partial charge on any atom is -0.483 e. The molecule has 0 spiro atoms. The van der Waals surface area contributed by atoms with Gasteiger partial charge < -0.3 is 9.64 Å². The Kier molecular flexibility index (Phi) is 7.46. The molecule has 1 unspecified atom stereocenters. The number of amides is 3. The zero-order valence-corrected chi connectivity index (χ0v) is 18.3. The molecule has 1 aliphatic heterocycles. The molecule has 1 heterocycles. The number of ether oxygens (including phenoxy) is 1. The maximum Gasteiger partial charge on any atom is 0.276 e. The smallest absolute Gasteiger partial charge is 0.276 e. The van der Waals surface area contributed by atoms with Crippen LogP contribution in [0.4, 0.5) is 0 Å². The second-order valence-electron chi connectivity index (χ2n) is 7.11. The van der Waals surface area contributed by atoms with Crippen LogP contribution in [0.5, 0.6) is 5.75 Å². The summed E-state index contributed by atoms with van der Waals surface area (Å²) in [6, 6.07) is 15.3. The van der Waals surface area contributed by atoms with Crippen LogP contribution in [0.2, 0.25) is 0 Å². The maximum absolute atomic E-state index is 12.3. The fraction of sp³-hybridized carbons (Fsp3) is 0.318. The summed E-state index contributed by atoms with van der Waals surface area (Å²) < 4.78 is 6.25. The molecule has 30 heavy (non-hydrogen) atoms. The zero-order chi connectivity index (χ0) is 21.5. The first-order valence-corrected chi connectivity index (χ1v) is 10.6. The van der Waals surface area contributed by atoms with Crippen molar-refractivity contribution in [2.45, 2.75) is 26.3 Å². The Morgan fingerprint density at radius 2 is 1.90 bits per heavy atom. The topological polar surface area (TPSA) is 87.7 Å². The number of hydrogen-bond acceptors (Lipinski definition) is 4. The number of benzene rings is 2. The van der Waals surface area contributed by atoms with E-state index in [1.807, 2.05) is 42.5 Å². The van der Waals surface area contributed by atoms with E-state index in [0.29, 0.717) is 18.8 Å². The van der Waals surface area contributed by atoms with E-state index in [1.165, 1.54) is 0 Å². The zero-order valence-electron chi connectivity index (χ0n) is 16.7. The molecule has 7 nitrogen and oxygen atoms in total. The molecule has 0 radical (unpaired) electrons. The van der Waals surface area contributed by atoms with Crippen LogP contribution in [0.1, 0.15) is 24.5 Å². The van der Waals surface area contributed by atoms with Crippen LogP contribution < -0.4 is 15.6 Å². The molecule has 158 valence electrons. The normalized spacial score (nSPS) is 15.7. The van der Waals surface area contributed by atoms with Gasteiger partial charge in [-0.15, -0.1) is 0 Å². The van der Waals surface area contributed by atoms with E-state index in [1.54, 1.807) is 11.0 Å². The Labute approximate surface area is 183 Å². The molecule has 1 atom stereocenters. The van der Waals surface area contributed by atoms with Crippen LogP contribution >= 0.6 is 15.9 Å². The summed E-state index contributed by atoms with van der Waals surface area (Å²) in [6.07, 6.45) is 1.03. The predicted molar refractivity (Wildman–Crippen MR) is 115 cm³/mol. The van der Waals surface area contributed by atoms with Gasteiger partial charge in [-0.3, -0.25) is 25.2 Å². The number of nitrogens with one attached hydrogen (secondary N) is 2. The molecule has 0 aromatic heterocycles. The van der Waals surface area contributed by atoms with Crippen LogP contribution in [0.15, 0.2) is 53.0 Å². The molecule has 3 rings (SSSR count). The van der Waals surface area contributed by atoms with E-state index in [9.17, 15) is 14.4 Å². The molecule has 8 heteroatoms. The summed E-state index contributed by atoms with van der Waals surface area (Å²) in [4.78, 5) is 38.2. The molecule has 0 bridgehead atoms. The van der Waals surface area contributed by atoms with Crippen molar-refractivity contribution in [1.29, 1.82) is 0 Å². The first-order valence-electron chi connectivity index (χ1n) is 9.78. The van der Waals surface area contributed by atoms with E-state index in [0.717, 1.165) is 22.0 Å². The lowest BCUT2D eigenvalue weighted by molar-refractivity contribution is -0.132. The van der Waals surface area contributed by atoms with Crippen LogP contribution in [0.25, 0.3) is 0 Å². The molecular weight excluding hydrogens is 450 g/mol. The molecule has 2 N–H and O–H groups in total. The molecule has 0 aliphatic carbocycles. The molecule has 2 aromatic rings. The molecule has 1 fully saturated rings. The largest absolute Gasteiger partial charge is 0.483 e. The number of carbonyl (C=O) groups is 3. The quantitative estimate of drug-likeness (QED) is 0.604. The van der Waals surface area contributed by atoms with E-state index < -0.39 is 11.8 Å². The Morgan fingerprint density at radius 3 is 2.60 bits per heavy atom. The standard InChI is InChI=1S/C22H24BrN3O4/c1-2-15-8-9-19(18(23)10-15)30-14-20(27)24-25-22(29)17-11-21(28)26(13-17)12-16-6-4-3-5-7-16/h3-10,17H,2,11-14H2,1H3,(H,24,27)(H,25,29). The third-order valence-electron chi connectivity index (χ3n) is 4.89.